The van der Waals surface area contributed by atoms with Crippen molar-refractivity contribution in [2.75, 3.05) is 23.3 Å². The molecule has 0 saturated carbocycles. The van der Waals surface area contributed by atoms with Crippen LogP contribution in [0.1, 0.15) is 26.7 Å². The molecule has 0 aromatic carbocycles. The lowest BCUT2D eigenvalue weighted by molar-refractivity contribution is -0.120. The first-order chi connectivity index (χ1) is 8.47. The number of carbonyl (C=O) groups is 1. The third-order valence-electron chi connectivity index (χ3n) is 3.02. The van der Waals surface area contributed by atoms with Crippen LogP contribution in [0.5, 0.6) is 0 Å². The van der Waals surface area contributed by atoms with Gasteiger partial charge in [0.1, 0.15) is 5.82 Å². The summed E-state index contributed by atoms with van der Waals surface area (Å²) in [6, 6.07) is 3.80. The van der Waals surface area contributed by atoms with E-state index in [9.17, 15) is 4.79 Å². The molecular weight excluding hydrogens is 228 g/mol. The fraction of sp³-hybridized carbons (Fsp3) is 0.538. The standard InChI is InChI=1S/C13H20N4O/c1-13(2,14)12(18)16-10-5-6-11(15-9-10)17-7-3-4-8-17/h5-6,9H,3-4,7-8,14H2,1-2H3,(H,16,18). The van der Waals surface area contributed by atoms with Crippen LogP contribution in [-0.2, 0) is 4.79 Å². The SMILES string of the molecule is CC(C)(N)C(=O)Nc1ccc(N2CCCC2)nc1. The highest BCUT2D eigenvalue weighted by atomic mass is 16.2. The van der Waals surface area contributed by atoms with Gasteiger partial charge in [0.25, 0.3) is 0 Å². The van der Waals surface area contributed by atoms with Gasteiger partial charge in [-0.1, -0.05) is 0 Å². The fourth-order valence-corrected chi connectivity index (χ4v) is 1.89. The van der Waals surface area contributed by atoms with E-state index in [0.717, 1.165) is 18.9 Å². The van der Waals surface area contributed by atoms with Crippen molar-refractivity contribution in [1.82, 2.24) is 4.98 Å². The van der Waals surface area contributed by atoms with E-state index in [-0.39, 0.29) is 5.91 Å². The molecule has 2 heterocycles. The van der Waals surface area contributed by atoms with Crippen molar-refractivity contribution in [2.45, 2.75) is 32.2 Å². The van der Waals surface area contributed by atoms with Gasteiger partial charge < -0.3 is 16.0 Å². The Balaban J connectivity index is 2.01. The number of nitrogens with zero attached hydrogens (tertiary/aromatic N) is 2. The second-order valence-corrected chi connectivity index (χ2v) is 5.28. The van der Waals surface area contributed by atoms with E-state index in [1.165, 1.54) is 12.8 Å². The van der Waals surface area contributed by atoms with Gasteiger partial charge in [-0.05, 0) is 38.8 Å². The minimum absolute atomic E-state index is 0.210. The van der Waals surface area contributed by atoms with E-state index in [0.29, 0.717) is 5.69 Å². The largest absolute Gasteiger partial charge is 0.357 e. The number of amides is 1. The Labute approximate surface area is 107 Å². The van der Waals surface area contributed by atoms with Gasteiger partial charge in [-0.3, -0.25) is 4.79 Å². The summed E-state index contributed by atoms with van der Waals surface area (Å²) in [5.74, 6) is 0.760. The van der Waals surface area contributed by atoms with Crippen LogP contribution in [-0.4, -0.2) is 29.5 Å². The normalized spacial score (nSPS) is 15.8. The Hall–Kier alpha value is -1.62. The number of hydrogen-bond acceptors (Lipinski definition) is 4. The molecule has 1 aromatic heterocycles. The molecule has 0 spiro atoms. The average molecular weight is 248 g/mol. The summed E-state index contributed by atoms with van der Waals surface area (Å²) >= 11 is 0. The van der Waals surface area contributed by atoms with Crippen molar-refractivity contribution in [3.05, 3.63) is 18.3 Å². The van der Waals surface area contributed by atoms with Crippen molar-refractivity contribution in [3.63, 3.8) is 0 Å². The first kappa shape index (κ1) is 12.8. The molecule has 0 atom stereocenters. The van der Waals surface area contributed by atoms with Gasteiger partial charge in [0.15, 0.2) is 0 Å². The third kappa shape index (κ3) is 2.98. The van der Waals surface area contributed by atoms with Crippen LogP contribution in [0.4, 0.5) is 11.5 Å². The maximum Gasteiger partial charge on any atom is 0.243 e. The van der Waals surface area contributed by atoms with Crippen LogP contribution in [0.15, 0.2) is 18.3 Å². The molecule has 98 valence electrons. The zero-order valence-corrected chi connectivity index (χ0v) is 10.9. The summed E-state index contributed by atoms with van der Waals surface area (Å²) in [7, 11) is 0. The van der Waals surface area contributed by atoms with Crippen molar-refractivity contribution in [3.8, 4) is 0 Å². The zero-order chi connectivity index (χ0) is 13.2. The maximum atomic E-state index is 11.7. The van der Waals surface area contributed by atoms with Gasteiger partial charge in [0.05, 0.1) is 17.4 Å². The Kier molecular flexibility index (Phi) is 3.52. The molecular formula is C13H20N4O. The summed E-state index contributed by atoms with van der Waals surface area (Å²) in [6.07, 6.45) is 4.13. The van der Waals surface area contributed by atoms with Crippen molar-refractivity contribution in [2.24, 2.45) is 5.73 Å². The summed E-state index contributed by atoms with van der Waals surface area (Å²) < 4.78 is 0. The van der Waals surface area contributed by atoms with E-state index >= 15 is 0 Å². The number of rotatable bonds is 3. The van der Waals surface area contributed by atoms with Gasteiger partial charge in [0, 0.05) is 13.1 Å². The molecule has 5 heteroatoms. The van der Waals surface area contributed by atoms with E-state index in [4.69, 9.17) is 5.73 Å². The molecule has 1 saturated heterocycles. The number of hydrogen-bond donors (Lipinski definition) is 2. The summed E-state index contributed by atoms with van der Waals surface area (Å²) in [5, 5.41) is 2.75. The van der Waals surface area contributed by atoms with Gasteiger partial charge >= 0.3 is 0 Å². The molecule has 1 aromatic rings. The molecule has 5 nitrogen and oxygen atoms in total. The Morgan fingerprint density at radius 2 is 2.06 bits per heavy atom. The maximum absolute atomic E-state index is 11.7. The molecule has 0 radical (unpaired) electrons. The van der Waals surface area contributed by atoms with Crippen LogP contribution < -0.4 is 16.0 Å². The molecule has 1 fully saturated rings. The molecule has 1 aliphatic rings. The van der Waals surface area contributed by atoms with Crippen molar-refractivity contribution < 1.29 is 4.79 Å². The fourth-order valence-electron chi connectivity index (χ4n) is 1.89. The highest BCUT2D eigenvalue weighted by molar-refractivity contribution is 5.97. The summed E-state index contributed by atoms with van der Waals surface area (Å²) in [5.41, 5.74) is 5.52. The quantitative estimate of drug-likeness (QED) is 0.847. The second kappa shape index (κ2) is 4.94. The molecule has 1 amide bonds. The number of anilines is 2. The Morgan fingerprint density at radius 3 is 2.56 bits per heavy atom. The molecule has 0 unspecified atom stereocenters. The van der Waals surface area contributed by atoms with E-state index < -0.39 is 5.54 Å². The zero-order valence-electron chi connectivity index (χ0n) is 10.9. The average Bonchev–Trinajstić information content (AvgIpc) is 2.82. The molecule has 2 rings (SSSR count). The lowest BCUT2D eigenvalue weighted by Crippen LogP contribution is -2.45. The number of nitrogens with two attached hydrogens (primary N) is 1. The number of carbonyl (C=O) groups excluding carboxylic acids is 1. The highest BCUT2D eigenvalue weighted by Gasteiger charge is 2.22. The smallest absolute Gasteiger partial charge is 0.243 e. The summed E-state index contributed by atoms with van der Waals surface area (Å²) in [4.78, 5) is 18.3. The topological polar surface area (TPSA) is 71.2 Å². The first-order valence-electron chi connectivity index (χ1n) is 6.28. The molecule has 0 aliphatic carbocycles. The predicted octanol–water partition coefficient (Wildman–Crippen LogP) is 1.36. The van der Waals surface area contributed by atoms with E-state index in [1.807, 2.05) is 12.1 Å². The first-order valence-corrected chi connectivity index (χ1v) is 6.28. The van der Waals surface area contributed by atoms with Crippen LogP contribution in [0.25, 0.3) is 0 Å². The number of nitrogens with one attached hydrogen (secondary N) is 1. The van der Waals surface area contributed by atoms with Gasteiger partial charge in [-0.15, -0.1) is 0 Å². The minimum atomic E-state index is -0.881. The van der Waals surface area contributed by atoms with Crippen molar-refractivity contribution in [1.29, 1.82) is 0 Å². The number of pyridine rings is 1. The lowest BCUT2D eigenvalue weighted by Gasteiger charge is -2.19. The highest BCUT2D eigenvalue weighted by Crippen LogP contribution is 2.19. The Morgan fingerprint density at radius 1 is 1.39 bits per heavy atom. The monoisotopic (exact) mass is 248 g/mol. The van der Waals surface area contributed by atoms with Crippen LogP contribution in [0, 0.1) is 0 Å². The molecule has 18 heavy (non-hydrogen) atoms. The van der Waals surface area contributed by atoms with E-state index in [1.54, 1.807) is 20.0 Å². The van der Waals surface area contributed by atoms with E-state index in [2.05, 4.69) is 15.2 Å². The molecule has 1 aliphatic heterocycles. The molecule has 3 N–H and O–H groups in total. The molecule has 0 bridgehead atoms. The summed E-state index contributed by atoms with van der Waals surface area (Å²) in [6.45, 7) is 5.48. The van der Waals surface area contributed by atoms with Crippen molar-refractivity contribution >= 4 is 17.4 Å². The van der Waals surface area contributed by atoms with Crippen LogP contribution >= 0.6 is 0 Å². The van der Waals surface area contributed by atoms with Gasteiger partial charge in [0.2, 0.25) is 5.91 Å². The Bertz CT molecular complexity index is 416. The third-order valence-corrected chi connectivity index (χ3v) is 3.02. The van der Waals surface area contributed by atoms with Gasteiger partial charge in [-0.25, -0.2) is 4.98 Å². The number of aromatic nitrogens is 1. The van der Waals surface area contributed by atoms with Crippen LogP contribution in [0.3, 0.4) is 0 Å². The lowest BCUT2D eigenvalue weighted by atomic mass is 10.1. The van der Waals surface area contributed by atoms with Crippen LogP contribution in [0.2, 0.25) is 0 Å². The second-order valence-electron chi connectivity index (χ2n) is 5.28. The predicted molar refractivity (Wildman–Crippen MR) is 72.6 cm³/mol. The minimum Gasteiger partial charge on any atom is -0.357 e. The van der Waals surface area contributed by atoms with Gasteiger partial charge in [-0.2, -0.15) is 0 Å².